The molecule has 0 aliphatic rings. The molecule has 3 aromatic carbocycles. The number of hydrogen-bond acceptors (Lipinski definition) is 2. The van der Waals surface area contributed by atoms with Crippen molar-refractivity contribution in [3.05, 3.63) is 78.4 Å². The number of benzene rings is 3. The Morgan fingerprint density at radius 1 is 0.870 bits per heavy atom. The molecule has 2 N–H and O–H groups in total. The standard InChI is InChI=1S/C19H17N3O/c1-14(16-12-11-15-7-5-6-8-17(15)13-16)21-22-19(23)20-18-9-3-2-4-10-18/h2-13H,1H3,(H2,20,22,23)/b21-14-. The van der Waals surface area contributed by atoms with E-state index < -0.39 is 0 Å². The van der Waals surface area contributed by atoms with Crippen molar-refractivity contribution in [1.82, 2.24) is 5.43 Å². The molecule has 23 heavy (non-hydrogen) atoms. The molecule has 0 saturated carbocycles. The number of carbonyl (C=O) groups is 1. The first-order valence-electron chi connectivity index (χ1n) is 7.38. The van der Waals surface area contributed by atoms with Crippen molar-refractivity contribution < 1.29 is 4.79 Å². The van der Waals surface area contributed by atoms with E-state index in [2.05, 4.69) is 34.0 Å². The Kier molecular flexibility index (Phi) is 4.34. The summed E-state index contributed by atoms with van der Waals surface area (Å²) in [5.41, 5.74) is 4.97. The molecule has 0 saturated heterocycles. The number of carbonyl (C=O) groups excluding carboxylic acids is 1. The maximum atomic E-state index is 11.8. The minimum absolute atomic E-state index is 0.365. The Morgan fingerprint density at radius 2 is 1.57 bits per heavy atom. The van der Waals surface area contributed by atoms with Crippen LogP contribution in [-0.2, 0) is 0 Å². The van der Waals surface area contributed by atoms with Gasteiger partial charge in [0.15, 0.2) is 0 Å². The summed E-state index contributed by atoms with van der Waals surface area (Å²) in [4.78, 5) is 11.8. The summed E-state index contributed by atoms with van der Waals surface area (Å²) in [6.07, 6.45) is 0. The normalized spacial score (nSPS) is 11.3. The molecule has 0 unspecified atom stereocenters. The fourth-order valence-electron chi connectivity index (χ4n) is 2.29. The quantitative estimate of drug-likeness (QED) is 0.547. The Bertz CT molecular complexity index is 857. The number of rotatable bonds is 3. The molecule has 0 aromatic heterocycles. The smallest absolute Gasteiger partial charge is 0.307 e. The van der Waals surface area contributed by atoms with Crippen LogP contribution in [0.4, 0.5) is 10.5 Å². The van der Waals surface area contributed by atoms with Gasteiger partial charge in [0, 0.05) is 5.69 Å². The molecule has 0 aliphatic carbocycles. The summed E-state index contributed by atoms with van der Waals surface area (Å²) in [6, 6.07) is 23.1. The van der Waals surface area contributed by atoms with Crippen molar-refractivity contribution >= 4 is 28.2 Å². The van der Waals surface area contributed by atoms with Crippen LogP contribution in [-0.4, -0.2) is 11.7 Å². The van der Waals surface area contributed by atoms with Gasteiger partial charge in [-0.15, -0.1) is 0 Å². The van der Waals surface area contributed by atoms with Crippen molar-refractivity contribution in [1.29, 1.82) is 0 Å². The molecule has 4 nitrogen and oxygen atoms in total. The first kappa shape index (κ1) is 14.8. The maximum absolute atomic E-state index is 11.8. The number of amides is 2. The second kappa shape index (κ2) is 6.75. The van der Waals surface area contributed by atoms with E-state index >= 15 is 0 Å². The molecule has 0 heterocycles. The summed E-state index contributed by atoms with van der Waals surface area (Å²) in [6.45, 7) is 1.87. The van der Waals surface area contributed by atoms with Crippen LogP contribution in [0.3, 0.4) is 0 Å². The lowest BCUT2D eigenvalue weighted by molar-refractivity contribution is 0.252. The van der Waals surface area contributed by atoms with E-state index in [0.29, 0.717) is 0 Å². The molecule has 3 aromatic rings. The van der Waals surface area contributed by atoms with Crippen LogP contribution in [0, 0.1) is 0 Å². The Balaban J connectivity index is 1.69. The minimum atomic E-state index is -0.365. The molecule has 114 valence electrons. The molecule has 0 radical (unpaired) electrons. The summed E-state index contributed by atoms with van der Waals surface area (Å²) in [5, 5.41) is 9.20. The molecule has 0 spiro atoms. The molecule has 2 amide bonds. The number of anilines is 1. The van der Waals surface area contributed by atoms with Gasteiger partial charge in [0.25, 0.3) is 0 Å². The number of fused-ring (bicyclic) bond motifs is 1. The SMILES string of the molecule is C/C(=N/NC(=O)Nc1ccccc1)c1ccc2ccccc2c1. The Labute approximate surface area is 134 Å². The van der Waals surface area contributed by atoms with E-state index in [9.17, 15) is 4.79 Å². The van der Waals surface area contributed by atoms with Gasteiger partial charge in [0.05, 0.1) is 5.71 Å². The van der Waals surface area contributed by atoms with Gasteiger partial charge in [-0.3, -0.25) is 0 Å². The summed E-state index contributed by atoms with van der Waals surface area (Å²) in [5.74, 6) is 0. The van der Waals surface area contributed by atoms with Gasteiger partial charge in [-0.2, -0.15) is 5.10 Å². The molecule has 3 rings (SSSR count). The van der Waals surface area contributed by atoms with E-state index in [4.69, 9.17) is 0 Å². The third-order valence-electron chi connectivity index (χ3n) is 3.52. The van der Waals surface area contributed by atoms with E-state index in [0.717, 1.165) is 22.3 Å². The highest BCUT2D eigenvalue weighted by Crippen LogP contribution is 2.16. The van der Waals surface area contributed by atoms with Crippen molar-refractivity contribution in [3.8, 4) is 0 Å². The lowest BCUT2D eigenvalue weighted by Crippen LogP contribution is -2.25. The largest absolute Gasteiger partial charge is 0.339 e. The Morgan fingerprint density at radius 3 is 2.35 bits per heavy atom. The van der Waals surface area contributed by atoms with E-state index in [1.54, 1.807) is 0 Å². The maximum Gasteiger partial charge on any atom is 0.339 e. The number of nitrogens with zero attached hydrogens (tertiary/aromatic N) is 1. The molecule has 4 heteroatoms. The lowest BCUT2D eigenvalue weighted by Gasteiger charge is -2.06. The third kappa shape index (κ3) is 3.74. The van der Waals surface area contributed by atoms with Crippen LogP contribution in [0.15, 0.2) is 77.9 Å². The average molecular weight is 303 g/mol. The van der Waals surface area contributed by atoms with E-state index in [-0.39, 0.29) is 6.03 Å². The van der Waals surface area contributed by atoms with Gasteiger partial charge in [0.2, 0.25) is 0 Å². The summed E-state index contributed by atoms with van der Waals surface area (Å²) in [7, 11) is 0. The number of urea groups is 1. The number of nitrogens with one attached hydrogen (secondary N) is 2. The van der Waals surface area contributed by atoms with Crippen LogP contribution < -0.4 is 10.7 Å². The summed E-state index contributed by atoms with van der Waals surface area (Å²) >= 11 is 0. The minimum Gasteiger partial charge on any atom is -0.307 e. The molecule has 0 fully saturated rings. The van der Waals surface area contributed by atoms with Crippen molar-refractivity contribution in [3.63, 3.8) is 0 Å². The van der Waals surface area contributed by atoms with E-state index in [1.807, 2.05) is 61.5 Å². The Hall–Kier alpha value is -3.14. The zero-order valence-electron chi connectivity index (χ0n) is 12.8. The fourth-order valence-corrected chi connectivity index (χ4v) is 2.29. The molecule has 0 atom stereocenters. The van der Waals surface area contributed by atoms with Gasteiger partial charge in [-0.25, -0.2) is 10.2 Å². The van der Waals surface area contributed by atoms with Crippen LogP contribution in [0.5, 0.6) is 0 Å². The van der Waals surface area contributed by atoms with Gasteiger partial charge in [0.1, 0.15) is 0 Å². The number of para-hydroxylation sites is 1. The third-order valence-corrected chi connectivity index (χ3v) is 3.52. The fraction of sp³-hybridized carbons (Fsp3) is 0.0526. The van der Waals surface area contributed by atoms with Crippen LogP contribution in [0.1, 0.15) is 12.5 Å². The highest BCUT2D eigenvalue weighted by atomic mass is 16.2. The van der Waals surface area contributed by atoms with Crippen LogP contribution in [0.25, 0.3) is 10.8 Å². The first-order valence-corrected chi connectivity index (χ1v) is 7.38. The average Bonchev–Trinajstić information content (AvgIpc) is 2.60. The van der Waals surface area contributed by atoms with Gasteiger partial charge >= 0.3 is 6.03 Å². The number of hydrogen-bond donors (Lipinski definition) is 2. The highest BCUT2D eigenvalue weighted by Gasteiger charge is 2.02. The molecular weight excluding hydrogens is 286 g/mol. The first-order chi connectivity index (χ1) is 11.2. The molecule has 0 bridgehead atoms. The monoisotopic (exact) mass is 303 g/mol. The predicted octanol–water partition coefficient (Wildman–Crippen LogP) is 4.39. The van der Waals surface area contributed by atoms with Crippen LogP contribution in [0.2, 0.25) is 0 Å². The van der Waals surface area contributed by atoms with Gasteiger partial charge in [-0.05, 0) is 41.5 Å². The summed E-state index contributed by atoms with van der Waals surface area (Å²) < 4.78 is 0. The molecular formula is C19H17N3O. The van der Waals surface area contributed by atoms with Gasteiger partial charge in [-0.1, -0.05) is 54.6 Å². The van der Waals surface area contributed by atoms with Crippen LogP contribution >= 0.6 is 0 Å². The number of hydrazone groups is 1. The van der Waals surface area contributed by atoms with Gasteiger partial charge < -0.3 is 5.32 Å². The second-order valence-corrected chi connectivity index (χ2v) is 5.19. The van der Waals surface area contributed by atoms with Crippen molar-refractivity contribution in [2.24, 2.45) is 5.10 Å². The zero-order chi connectivity index (χ0) is 16.1. The topological polar surface area (TPSA) is 53.5 Å². The van der Waals surface area contributed by atoms with Crippen molar-refractivity contribution in [2.45, 2.75) is 6.92 Å². The van der Waals surface area contributed by atoms with Crippen molar-refractivity contribution in [2.75, 3.05) is 5.32 Å². The zero-order valence-corrected chi connectivity index (χ0v) is 12.8. The molecule has 0 aliphatic heterocycles. The lowest BCUT2D eigenvalue weighted by atomic mass is 10.0. The predicted molar refractivity (Wildman–Crippen MR) is 94.8 cm³/mol. The second-order valence-electron chi connectivity index (χ2n) is 5.19. The highest BCUT2D eigenvalue weighted by molar-refractivity contribution is 6.02. The van der Waals surface area contributed by atoms with E-state index in [1.165, 1.54) is 5.39 Å².